The summed E-state index contributed by atoms with van der Waals surface area (Å²) in [4.78, 5) is 6.42. The first-order chi connectivity index (χ1) is 12.5. The van der Waals surface area contributed by atoms with Gasteiger partial charge in [0, 0.05) is 55.0 Å². The fourth-order valence-electron chi connectivity index (χ4n) is 4.08. The van der Waals surface area contributed by atoms with Gasteiger partial charge in [-0.3, -0.25) is 4.98 Å². The Morgan fingerprint density at radius 3 is 2.67 bits per heavy atom. The Morgan fingerprint density at radius 1 is 1.22 bits per heavy atom. The summed E-state index contributed by atoms with van der Waals surface area (Å²) >= 11 is 0. The van der Waals surface area contributed by atoms with E-state index in [-0.39, 0.29) is 14.0 Å². The van der Waals surface area contributed by atoms with Crippen molar-refractivity contribution in [2.24, 2.45) is 5.73 Å². The minimum Gasteiger partial charge on any atom is -0.382 e. The maximum absolute atomic E-state index is 11.3. The molecule has 1 aromatic carbocycles. The van der Waals surface area contributed by atoms with E-state index in [0.717, 1.165) is 25.1 Å². The second-order valence-corrected chi connectivity index (χ2v) is 7.49. The fourth-order valence-corrected chi connectivity index (χ4v) is 4.08. The van der Waals surface area contributed by atoms with Crippen molar-refractivity contribution in [1.82, 2.24) is 14.5 Å². The molecule has 0 amide bonds. The van der Waals surface area contributed by atoms with Crippen LogP contribution in [0, 0.1) is 6.92 Å². The van der Waals surface area contributed by atoms with Crippen molar-refractivity contribution in [1.29, 1.82) is 0 Å². The van der Waals surface area contributed by atoms with Crippen molar-refractivity contribution >= 4 is 10.9 Å². The van der Waals surface area contributed by atoms with Crippen LogP contribution in [0.5, 0.6) is 0 Å². The number of pyridine rings is 1. The summed E-state index contributed by atoms with van der Waals surface area (Å²) in [6.07, 6.45) is 4.39. The highest BCUT2D eigenvalue weighted by Gasteiger charge is 2.31. The molecular weight excluding hydrogens is 336 g/mol. The molecule has 3 aromatic rings. The average molecular weight is 367 g/mol. The van der Waals surface area contributed by atoms with Crippen LogP contribution in [0.2, 0.25) is 0 Å². The number of rotatable bonds is 4. The summed E-state index contributed by atoms with van der Waals surface area (Å²) in [5.74, 6) is 0. The molecule has 5 nitrogen and oxygen atoms in total. The van der Waals surface area contributed by atoms with Crippen LogP contribution in [0.4, 0.5) is 0 Å². The maximum atomic E-state index is 11.3. The zero-order valence-electron chi connectivity index (χ0n) is 15.4. The van der Waals surface area contributed by atoms with Crippen LogP contribution in [0.1, 0.15) is 29.8 Å². The van der Waals surface area contributed by atoms with Crippen LogP contribution in [-0.4, -0.2) is 39.7 Å². The van der Waals surface area contributed by atoms with Gasteiger partial charge in [-0.25, -0.2) is 0 Å². The first kappa shape index (κ1) is 19.5. The Bertz CT molecular complexity index is 934. The number of aliphatic hydroxyl groups is 1. The van der Waals surface area contributed by atoms with Crippen LogP contribution in [0.25, 0.3) is 10.9 Å². The summed E-state index contributed by atoms with van der Waals surface area (Å²) in [7, 11) is 2.16. The largest absolute Gasteiger partial charge is 0.382 e. The third-order valence-corrected chi connectivity index (χ3v) is 5.58. The molecule has 4 rings (SSSR count). The number of likely N-dealkylation sites (N-methyl/N-ethyl adjacent to an activating group) is 1. The average Bonchev–Trinajstić information content (AvgIpc) is 2.94. The van der Waals surface area contributed by atoms with Gasteiger partial charge in [-0.1, -0.05) is 19.1 Å². The normalized spacial score (nSPS) is 16.6. The van der Waals surface area contributed by atoms with E-state index >= 15 is 0 Å². The Balaban J connectivity index is 0.00000210. The third kappa shape index (κ3) is 3.38. The van der Waals surface area contributed by atoms with E-state index in [1.54, 1.807) is 12.4 Å². The quantitative estimate of drug-likeness (QED) is 0.745. The van der Waals surface area contributed by atoms with Crippen molar-refractivity contribution in [2.75, 3.05) is 20.1 Å². The van der Waals surface area contributed by atoms with Crippen molar-refractivity contribution in [3.05, 3.63) is 65.1 Å². The van der Waals surface area contributed by atoms with Gasteiger partial charge in [-0.05, 0) is 49.4 Å². The molecule has 144 valence electrons. The van der Waals surface area contributed by atoms with E-state index in [0.29, 0.717) is 6.54 Å². The summed E-state index contributed by atoms with van der Waals surface area (Å²) in [6.45, 7) is 4.71. The van der Waals surface area contributed by atoms with Crippen molar-refractivity contribution < 1.29 is 5.11 Å². The lowest BCUT2D eigenvalue weighted by atomic mass is 9.94. The standard InChI is InChI=1S/C21H26N4O.CH4/c1-15-3-4-19-17(11-15)18-12-24(2)10-7-20(18)25(19)14-21(26,13-22)16-5-8-23-9-6-16;/h3-6,8-9,11,26H,7,10,12-14,22H2,1-2H3;1H4. The Kier molecular flexibility index (Phi) is 5.38. The first-order valence-electron chi connectivity index (χ1n) is 9.14. The number of benzene rings is 1. The Morgan fingerprint density at radius 2 is 1.96 bits per heavy atom. The molecule has 0 saturated carbocycles. The number of aromatic nitrogens is 2. The van der Waals surface area contributed by atoms with Crippen LogP contribution in [0.3, 0.4) is 0 Å². The van der Waals surface area contributed by atoms with Gasteiger partial charge in [0.15, 0.2) is 0 Å². The number of fused-ring (bicyclic) bond motifs is 3. The first-order valence-corrected chi connectivity index (χ1v) is 9.14. The van der Waals surface area contributed by atoms with E-state index in [4.69, 9.17) is 5.73 Å². The Hall–Kier alpha value is -2.21. The second kappa shape index (κ2) is 7.43. The van der Waals surface area contributed by atoms with E-state index in [9.17, 15) is 5.11 Å². The molecule has 0 bridgehead atoms. The van der Waals surface area contributed by atoms with Gasteiger partial charge >= 0.3 is 0 Å². The molecule has 2 aromatic heterocycles. The number of aryl methyl sites for hydroxylation is 1. The number of hydrogen-bond acceptors (Lipinski definition) is 4. The molecule has 1 atom stereocenters. The van der Waals surface area contributed by atoms with Crippen LogP contribution < -0.4 is 5.73 Å². The number of nitrogens with two attached hydrogens (primary N) is 1. The van der Waals surface area contributed by atoms with Gasteiger partial charge in [0.2, 0.25) is 0 Å². The minimum absolute atomic E-state index is 0. The van der Waals surface area contributed by atoms with Crippen LogP contribution in [0.15, 0.2) is 42.7 Å². The smallest absolute Gasteiger partial charge is 0.120 e. The fraction of sp³-hybridized carbons (Fsp3) is 0.409. The predicted molar refractivity (Wildman–Crippen MR) is 111 cm³/mol. The van der Waals surface area contributed by atoms with Gasteiger partial charge in [-0.15, -0.1) is 0 Å². The highest BCUT2D eigenvalue weighted by molar-refractivity contribution is 5.86. The molecule has 3 N–H and O–H groups in total. The van der Waals surface area contributed by atoms with Gasteiger partial charge < -0.3 is 20.3 Å². The lowest BCUT2D eigenvalue weighted by Crippen LogP contribution is -2.40. The zero-order valence-corrected chi connectivity index (χ0v) is 15.4. The number of nitrogens with zero attached hydrogens (tertiary/aromatic N) is 3. The molecule has 0 radical (unpaired) electrons. The zero-order chi connectivity index (χ0) is 18.3. The highest BCUT2D eigenvalue weighted by Crippen LogP contribution is 2.34. The van der Waals surface area contributed by atoms with Gasteiger partial charge in [0.1, 0.15) is 5.60 Å². The Labute approximate surface area is 161 Å². The highest BCUT2D eigenvalue weighted by atomic mass is 16.3. The van der Waals surface area contributed by atoms with E-state index < -0.39 is 5.60 Å². The molecule has 5 heteroatoms. The molecule has 27 heavy (non-hydrogen) atoms. The molecule has 0 fully saturated rings. The van der Waals surface area contributed by atoms with Gasteiger partial charge in [0.05, 0.1) is 6.54 Å². The van der Waals surface area contributed by atoms with E-state index in [1.807, 2.05) is 12.1 Å². The summed E-state index contributed by atoms with van der Waals surface area (Å²) in [6, 6.07) is 10.3. The summed E-state index contributed by atoms with van der Waals surface area (Å²) in [5.41, 5.74) is 10.9. The van der Waals surface area contributed by atoms with Crippen molar-refractivity contribution in [3.8, 4) is 0 Å². The van der Waals surface area contributed by atoms with E-state index in [1.165, 1.54) is 27.7 Å². The molecule has 1 unspecified atom stereocenters. The van der Waals surface area contributed by atoms with Crippen molar-refractivity contribution in [2.45, 2.75) is 39.5 Å². The molecule has 0 aliphatic carbocycles. The molecule has 1 aliphatic heterocycles. The molecule has 3 heterocycles. The lowest BCUT2D eigenvalue weighted by molar-refractivity contribution is 0.0277. The van der Waals surface area contributed by atoms with E-state index in [2.05, 4.69) is 46.6 Å². The summed E-state index contributed by atoms with van der Waals surface area (Å²) in [5, 5.41) is 12.6. The molecule has 0 saturated heterocycles. The SMILES string of the molecule is C.Cc1ccc2c(c1)c1c(n2CC(O)(CN)c2ccncc2)CCN(C)C1. The minimum atomic E-state index is -1.11. The van der Waals surface area contributed by atoms with Gasteiger partial charge in [0.25, 0.3) is 0 Å². The van der Waals surface area contributed by atoms with Crippen LogP contribution in [-0.2, 0) is 25.1 Å². The topological polar surface area (TPSA) is 67.3 Å². The lowest BCUT2D eigenvalue weighted by Gasteiger charge is -2.30. The molecule has 1 aliphatic rings. The predicted octanol–water partition coefficient (Wildman–Crippen LogP) is 2.82. The second-order valence-electron chi connectivity index (χ2n) is 7.49. The molecular formula is C22H30N4O. The number of hydrogen-bond donors (Lipinski definition) is 2. The summed E-state index contributed by atoms with van der Waals surface area (Å²) < 4.78 is 2.28. The van der Waals surface area contributed by atoms with Crippen LogP contribution >= 0.6 is 0 Å². The maximum Gasteiger partial charge on any atom is 0.120 e. The molecule has 0 spiro atoms. The van der Waals surface area contributed by atoms with Gasteiger partial charge in [-0.2, -0.15) is 0 Å². The monoisotopic (exact) mass is 366 g/mol. The third-order valence-electron chi connectivity index (χ3n) is 5.58. The van der Waals surface area contributed by atoms with Crippen molar-refractivity contribution in [3.63, 3.8) is 0 Å².